The smallest absolute Gasteiger partial charge is 0.232 e. The lowest BCUT2D eigenvalue weighted by Gasteiger charge is -2.30. The quantitative estimate of drug-likeness (QED) is 0.875. The molecular weight excluding hydrogens is 226 g/mol. The first-order valence-electron chi connectivity index (χ1n) is 7.33. The molecule has 4 nitrogen and oxygen atoms in total. The highest BCUT2D eigenvalue weighted by atomic mass is 16.5. The molecule has 0 bridgehead atoms. The lowest BCUT2D eigenvalue weighted by atomic mass is 9.81. The Morgan fingerprint density at radius 2 is 1.89 bits per heavy atom. The average Bonchev–Trinajstić information content (AvgIpc) is 2.91. The van der Waals surface area contributed by atoms with Gasteiger partial charge in [-0.15, -0.1) is 0 Å². The van der Waals surface area contributed by atoms with Crippen molar-refractivity contribution in [3.05, 3.63) is 11.7 Å². The van der Waals surface area contributed by atoms with E-state index in [1.165, 1.54) is 32.1 Å². The second kappa shape index (κ2) is 5.00. The summed E-state index contributed by atoms with van der Waals surface area (Å²) in [6.45, 7) is 4.36. The molecule has 1 N–H and O–H groups in total. The molecule has 4 heteroatoms. The van der Waals surface area contributed by atoms with E-state index in [2.05, 4.69) is 17.4 Å². The average molecular weight is 249 g/mol. The van der Waals surface area contributed by atoms with Crippen molar-refractivity contribution in [1.29, 1.82) is 0 Å². The Balaban J connectivity index is 1.75. The standard InChI is InChI=1S/C14H23N3O/c1-14(7-9-15-10-8-14)13-16-12(17-18-13)11-5-3-2-4-6-11/h11,15H,2-10H2,1H3. The van der Waals surface area contributed by atoms with E-state index in [0.717, 1.165) is 37.6 Å². The van der Waals surface area contributed by atoms with Gasteiger partial charge in [-0.1, -0.05) is 31.3 Å². The Bertz CT molecular complexity index is 389. The van der Waals surface area contributed by atoms with Crippen LogP contribution in [0.25, 0.3) is 0 Å². The van der Waals surface area contributed by atoms with Gasteiger partial charge in [0.1, 0.15) is 0 Å². The van der Waals surface area contributed by atoms with Crippen molar-refractivity contribution >= 4 is 0 Å². The Morgan fingerprint density at radius 1 is 1.17 bits per heavy atom. The molecule has 2 fully saturated rings. The van der Waals surface area contributed by atoms with Gasteiger partial charge < -0.3 is 9.84 Å². The van der Waals surface area contributed by atoms with Crippen molar-refractivity contribution in [3.63, 3.8) is 0 Å². The lowest BCUT2D eigenvalue weighted by molar-refractivity contribution is 0.240. The predicted molar refractivity (Wildman–Crippen MR) is 69.6 cm³/mol. The third-order valence-corrected chi connectivity index (χ3v) is 4.64. The minimum atomic E-state index is 0.0885. The van der Waals surface area contributed by atoms with Crippen molar-refractivity contribution in [3.8, 4) is 0 Å². The molecule has 1 aliphatic heterocycles. The minimum absolute atomic E-state index is 0.0885. The molecule has 3 rings (SSSR count). The number of aromatic nitrogens is 2. The maximum atomic E-state index is 5.57. The summed E-state index contributed by atoms with van der Waals surface area (Å²) in [5.41, 5.74) is 0.0885. The van der Waals surface area contributed by atoms with Crippen molar-refractivity contribution in [2.24, 2.45) is 0 Å². The summed E-state index contributed by atoms with van der Waals surface area (Å²) in [6, 6.07) is 0. The largest absolute Gasteiger partial charge is 0.339 e. The maximum Gasteiger partial charge on any atom is 0.232 e. The second-order valence-corrected chi connectivity index (χ2v) is 6.10. The molecule has 0 spiro atoms. The van der Waals surface area contributed by atoms with Crippen LogP contribution in [0.1, 0.15) is 69.5 Å². The first-order valence-corrected chi connectivity index (χ1v) is 7.33. The first-order chi connectivity index (χ1) is 8.78. The van der Waals surface area contributed by atoms with Crippen LogP contribution in [-0.4, -0.2) is 23.2 Å². The normalized spacial score (nSPS) is 25.2. The molecule has 0 amide bonds. The van der Waals surface area contributed by atoms with E-state index in [-0.39, 0.29) is 5.41 Å². The fourth-order valence-electron chi connectivity index (χ4n) is 3.20. The summed E-state index contributed by atoms with van der Waals surface area (Å²) in [7, 11) is 0. The molecule has 0 atom stereocenters. The number of rotatable bonds is 2. The topological polar surface area (TPSA) is 51.0 Å². The van der Waals surface area contributed by atoms with Crippen LogP contribution >= 0.6 is 0 Å². The predicted octanol–water partition coefficient (Wildman–Crippen LogP) is 2.76. The molecular formula is C14H23N3O. The van der Waals surface area contributed by atoms with Gasteiger partial charge in [0.15, 0.2) is 5.82 Å². The summed E-state index contributed by atoms with van der Waals surface area (Å²) in [6.07, 6.45) is 8.66. The second-order valence-electron chi connectivity index (χ2n) is 6.10. The van der Waals surface area contributed by atoms with Gasteiger partial charge in [-0.05, 0) is 38.8 Å². The van der Waals surface area contributed by atoms with Gasteiger partial charge in [-0.2, -0.15) is 4.98 Å². The van der Waals surface area contributed by atoms with Gasteiger partial charge in [0.25, 0.3) is 0 Å². The van der Waals surface area contributed by atoms with Gasteiger partial charge in [0, 0.05) is 11.3 Å². The van der Waals surface area contributed by atoms with E-state index in [0.29, 0.717) is 5.92 Å². The monoisotopic (exact) mass is 249 g/mol. The van der Waals surface area contributed by atoms with Crippen LogP contribution in [0, 0.1) is 0 Å². The molecule has 1 aromatic rings. The fraction of sp³-hybridized carbons (Fsp3) is 0.857. The van der Waals surface area contributed by atoms with Gasteiger partial charge in [-0.25, -0.2) is 0 Å². The summed E-state index contributed by atoms with van der Waals surface area (Å²) >= 11 is 0. The van der Waals surface area contributed by atoms with Crippen LogP contribution in [0.2, 0.25) is 0 Å². The van der Waals surface area contributed by atoms with E-state index in [1.54, 1.807) is 0 Å². The van der Waals surface area contributed by atoms with Crippen molar-refractivity contribution in [2.45, 2.75) is 63.2 Å². The molecule has 0 radical (unpaired) electrons. The van der Waals surface area contributed by atoms with E-state index < -0.39 is 0 Å². The Morgan fingerprint density at radius 3 is 2.61 bits per heavy atom. The number of nitrogens with zero attached hydrogens (tertiary/aromatic N) is 2. The molecule has 2 heterocycles. The highest BCUT2D eigenvalue weighted by molar-refractivity contribution is 5.07. The zero-order valence-corrected chi connectivity index (χ0v) is 11.2. The van der Waals surface area contributed by atoms with Crippen LogP contribution in [0.15, 0.2) is 4.52 Å². The van der Waals surface area contributed by atoms with Crippen molar-refractivity contribution < 1.29 is 4.52 Å². The Labute approximate surface area is 109 Å². The zero-order chi connectivity index (χ0) is 12.4. The maximum absolute atomic E-state index is 5.57. The summed E-state index contributed by atoms with van der Waals surface area (Å²) < 4.78 is 5.57. The number of hydrogen-bond acceptors (Lipinski definition) is 4. The highest BCUT2D eigenvalue weighted by Gasteiger charge is 2.35. The molecule has 100 valence electrons. The van der Waals surface area contributed by atoms with Gasteiger partial charge in [-0.3, -0.25) is 0 Å². The lowest BCUT2D eigenvalue weighted by Crippen LogP contribution is -2.37. The third-order valence-electron chi connectivity index (χ3n) is 4.64. The van der Waals surface area contributed by atoms with Gasteiger partial charge >= 0.3 is 0 Å². The molecule has 1 aliphatic carbocycles. The number of hydrogen-bond donors (Lipinski definition) is 1. The SMILES string of the molecule is CC1(c2nc(C3CCCCC3)no2)CCNCC1. The molecule has 0 aromatic carbocycles. The molecule has 0 unspecified atom stereocenters. The molecule has 1 saturated heterocycles. The summed E-state index contributed by atoms with van der Waals surface area (Å²) in [4.78, 5) is 4.72. The third kappa shape index (κ3) is 2.30. The molecule has 18 heavy (non-hydrogen) atoms. The van der Waals surface area contributed by atoms with E-state index >= 15 is 0 Å². The summed E-state index contributed by atoms with van der Waals surface area (Å²) in [5, 5.41) is 7.64. The Hall–Kier alpha value is -0.900. The van der Waals surface area contributed by atoms with Crippen LogP contribution in [0.4, 0.5) is 0 Å². The molecule has 1 aromatic heterocycles. The van der Waals surface area contributed by atoms with E-state index in [1.807, 2.05) is 0 Å². The first kappa shape index (κ1) is 12.2. The molecule has 1 saturated carbocycles. The van der Waals surface area contributed by atoms with E-state index in [4.69, 9.17) is 9.51 Å². The number of piperidine rings is 1. The van der Waals surface area contributed by atoms with Gasteiger partial charge in [0.2, 0.25) is 5.89 Å². The van der Waals surface area contributed by atoms with Crippen LogP contribution in [-0.2, 0) is 5.41 Å². The van der Waals surface area contributed by atoms with Crippen molar-refractivity contribution in [1.82, 2.24) is 15.5 Å². The van der Waals surface area contributed by atoms with Crippen LogP contribution in [0.3, 0.4) is 0 Å². The highest BCUT2D eigenvalue weighted by Crippen LogP contribution is 2.35. The van der Waals surface area contributed by atoms with Crippen molar-refractivity contribution in [2.75, 3.05) is 13.1 Å². The summed E-state index contributed by atoms with van der Waals surface area (Å²) in [5.74, 6) is 2.37. The van der Waals surface area contributed by atoms with Crippen LogP contribution < -0.4 is 5.32 Å². The minimum Gasteiger partial charge on any atom is -0.339 e. The molecule has 2 aliphatic rings. The van der Waals surface area contributed by atoms with E-state index in [9.17, 15) is 0 Å². The fourth-order valence-corrected chi connectivity index (χ4v) is 3.20. The number of nitrogens with one attached hydrogen (secondary N) is 1. The Kier molecular flexibility index (Phi) is 3.37. The van der Waals surface area contributed by atoms with Gasteiger partial charge in [0.05, 0.1) is 0 Å². The van der Waals surface area contributed by atoms with Crippen LogP contribution in [0.5, 0.6) is 0 Å². The zero-order valence-electron chi connectivity index (χ0n) is 11.2.